The van der Waals surface area contributed by atoms with E-state index in [1.807, 2.05) is 44.2 Å². The van der Waals surface area contributed by atoms with E-state index in [1.54, 1.807) is 29.3 Å². The number of rotatable bonds is 6. The number of likely N-dealkylation sites (tertiary alicyclic amines) is 2. The molecule has 0 aliphatic carbocycles. The van der Waals surface area contributed by atoms with Gasteiger partial charge in [0.1, 0.15) is 17.8 Å². The maximum absolute atomic E-state index is 13.7. The summed E-state index contributed by atoms with van der Waals surface area (Å²) in [5, 5.41) is 3.92. The van der Waals surface area contributed by atoms with Crippen LogP contribution in [0.3, 0.4) is 0 Å². The van der Waals surface area contributed by atoms with Crippen LogP contribution in [0.4, 0.5) is 0 Å². The Bertz CT molecular complexity index is 1290. The molecule has 36 heavy (non-hydrogen) atoms. The number of nitrogens with one attached hydrogen (secondary N) is 1. The number of benzene rings is 1. The summed E-state index contributed by atoms with van der Waals surface area (Å²) < 4.78 is 1.01. The molecule has 2 aromatic heterocycles. The van der Waals surface area contributed by atoms with Crippen molar-refractivity contribution in [2.24, 2.45) is 5.92 Å². The van der Waals surface area contributed by atoms with Gasteiger partial charge in [0.15, 0.2) is 5.78 Å². The summed E-state index contributed by atoms with van der Waals surface area (Å²) in [6.07, 6.45) is 2.51. The molecule has 186 valence electrons. The Balaban J connectivity index is 1.34. The number of amides is 3. The topological polar surface area (TPSA) is 99.7 Å². The summed E-state index contributed by atoms with van der Waals surface area (Å²) in [5.41, 5.74) is 0.281. The highest BCUT2D eigenvalue weighted by Crippen LogP contribution is 2.32. The van der Waals surface area contributed by atoms with E-state index >= 15 is 0 Å². The standard InChI is InChI=1S/C27H28N4O4S/c1-16(2)13-19(29-25(33)23-14-17-7-3-4-9-22(17)36-23)27(35)30-12-10-20-24(30)21(32)15-31(20)26(34)18-8-5-6-11-28-18/h3-9,11,14,16,19-20,24H,10,12-13,15H2,1-2H3,(H,29,33). The van der Waals surface area contributed by atoms with E-state index in [0.717, 1.165) is 10.1 Å². The van der Waals surface area contributed by atoms with Gasteiger partial charge in [0.05, 0.1) is 17.5 Å². The van der Waals surface area contributed by atoms with Crippen LogP contribution in [0.5, 0.6) is 0 Å². The Morgan fingerprint density at radius 3 is 2.61 bits per heavy atom. The van der Waals surface area contributed by atoms with Gasteiger partial charge in [0, 0.05) is 17.4 Å². The molecule has 3 aromatic rings. The lowest BCUT2D eigenvalue weighted by molar-refractivity contribution is -0.138. The molecule has 2 aliphatic heterocycles. The van der Waals surface area contributed by atoms with Gasteiger partial charge < -0.3 is 15.1 Å². The van der Waals surface area contributed by atoms with E-state index in [4.69, 9.17) is 0 Å². The lowest BCUT2D eigenvalue weighted by atomic mass is 10.0. The SMILES string of the molecule is CC(C)CC(NC(=O)c1cc2ccccc2s1)C(=O)N1CCC2C1C(=O)CN2C(=O)c1ccccn1. The molecule has 4 heterocycles. The fourth-order valence-corrected chi connectivity index (χ4v) is 6.16. The highest BCUT2D eigenvalue weighted by atomic mass is 32.1. The zero-order valence-corrected chi connectivity index (χ0v) is 21.0. The number of hydrogen-bond donors (Lipinski definition) is 1. The Kier molecular flexibility index (Phi) is 6.57. The minimum absolute atomic E-state index is 0.0441. The fourth-order valence-electron chi connectivity index (χ4n) is 5.19. The van der Waals surface area contributed by atoms with Crippen molar-refractivity contribution < 1.29 is 19.2 Å². The second-order valence-corrected chi connectivity index (χ2v) is 10.8. The van der Waals surface area contributed by atoms with Crippen LogP contribution < -0.4 is 5.32 Å². The first kappa shape index (κ1) is 24.1. The molecule has 3 amide bonds. The molecule has 0 bridgehead atoms. The first-order valence-electron chi connectivity index (χ1n) is 12.2. The van der Waals surface area contributed by atoms with Gasteiger partial charge in [0.25, 0.3) is 11.8 Å². The number of carbonyl (C=O) groups is 4. The molecule has 2 fully saturated rings. The van der Waals surface area contributed by atoms with Crippen LogP contribution >= 0.6 is 11.3 Å². The van der Waals surface area contributed by atoms with Crippen molar-refractivity contribution in [2.45, 2.75) is 44.8 Å². The lowest BCUT2D eigenvalue weighted by Gasteiger charge is -2.29. The second-order valence-electron chi connectivity index (χ2n) is 9.75. The largest absolute Gasteiger partial charge is 0.340 e. The van der Waals surface area contributed by atoms with Crippen molar-refractivity contribution >= 4 is 44.9 Å². The Hall–Kier alpha value is -3.59. The molecular weight excluding hydrogens is 476 g/mol. The molecule has 2 aliphatic rings. The van der Waals surface area contributed by atoms with Crippen LogP contribution in [0.15, 0.2) is 54.7 Å². The van der Waals surface area contributed by atoms with Crippen molar-refractivity contribution in [2.75, 3.05) is 13.1 Å². The van der Waals surface area contributed by atoms with Crippen molar-refractivity contribution in [1.82, 2.24) is 20.1 Å². The number of carbonyl (C=O) groups excluding carboxylic acids is 4. The molecule has 5 rings (SSSR count). The number of thiophene rings is 1. The first-order chi connectivity index (χ1) is 17.3. The van der Waals surface area contributed by atoms with E-state index in [-0.39, 0.29) is 47.7 Å². The van der Waals surface area contributed by atoms with Crippen LogP contribution in [0.25, 0.3) is 10.1 Å². The summed E-state index contributed by atoms with van der Waals surface area (Å²) in [4.78, 5) is 60.6. The molecule has 8 nitrogen and oxygen atoms in total. The van der Waals surface area contributed by atoms with E-state index in [9.17, 15) is 19.2 Å². The molecule has 3 atom stereocenters. The smallest absolute Gasteiger partial charge is 0.273 e. The fraction of sp³-hybridized carbons (Fsp3) is 0.370. The molecule has 0 saturated carbocycles. The number of pyridine rings is 1. The van der Waals surface area contributed by atoms with Crippen molar-refractivity contribution in [3.05, 3.63) is 65.3 Å². The Labute approximate surface area is 213 Å². The molecule has 0 radical (unpaired) electrons. The third kappa shape index (κ3) is 4.51. The first-order valence-corrected chi connectivity index (χ1v) is 13.0. The number of aromatic nitrogens is 1. The average Bonchev–Trinajstić information content (AvgIpc) is 3.58. The number of fused-ring (bicyclic) bond motifs is 2. The molecule has 1 N–H and O–H groups in total. The number of Topliss-reactive ketones (excluding diaryl/α,β-unsaturated/α-hetero) is 1. The van der Waals surface area contributed by atoms with Gasteiger partial charge in [-0.15, -0.1) is 11.3 Å². The second kappa shape index (κ2) is 9.81. The maximum Gasteiger partial charge on any atom is 0.273 e. The monoisotopic (exact) mass is 504 g/mol. The lowest BCUT2D eigenvalue weighted by Crippen LogP contribution is -2.52. The summed E-state index contributed by atoms with van der Waals surface area (Å²) in [5.74, 6) is -0.875. The predicted octanol–water partition coefficient (Wildman–Crippen LogP) is 3.14. The molecule has 9 heteroatoms. The van der Waals surface area contributed by atoms with E-state index in [2.05, 4.69) is 10.3 Å². The van der Waals surface area contributed by atoms with Gasteiger partial charge in [-0.3, -0.25) is 24.2 Å². The van der Waals surface area contributed by atoms with Crippen molar-refractivity contribution in [1.29, 1.82) is 0 Å². The van der Waals surface area contributed by atoms with Gasteiger partial charge in [-0.2, -0.15) is 0 Å². The highest BCUT2D eigenvalue weighted by Gasteiger charge is 2.52. The highest BCUT2D eigenvalue weighted by molar-refractivity contribution is 7.20. The van der Waals surface area contributed by atoms with E-state index in [1.165, 1.54) is 16.2 Å². The van der Waals surface area contributed by atoms with Crippen LogP contribution in [-0.2, 0) is 9.59 Å². The maximum atomic E-state index is 13.7. The van der Waals surface area contributed by atoms with Gasteiger partial charge in [0.2, 0.25) is 5.91 Å². The Morgan fingerprint density at radius 2 is 1.89 bits per heavy atom. The van der Waals surface area contributed by atoms with E-state index < -0.39 is 12.1 Å². The van der Waals surface area contributed by atoms with E-state index in [0.29, 0.717) is 24.3 Å². The quantitative estimate of drug-likeness (QED) is 0.556. The molecular formula is C27H28N4O4S. The number of ketones is 1. The number of nitrogens with zero attached hydrogens (tertiary/aromatic N) is 3. The average molecular weight is 505 g/mol. The molecule has 0 spiro atoms. The van der Waals surface area contributed by atoms with Gasteiger partial charge in [-0.25, -0.2) is 0 Å². The zero-order chi connectivity index (χ0) is 25.4. The van der Waals surface area contributed by atoms with Gasteiger partial charge in [-0.1, -0.05) is 38.1 Å². The van der Waals surface area contributed by atoms with Crippen LogP contribution in [0.1, 0.15) is 46.8 Å². The summed E-state index contributed by atoms with van der Waals surface area (Å²) >= 11 is 1.39. The normalized spacial score (nSPS) is 20.1. The molecule has 3 unspecified atom stereocenters. The van der Waals surface area contributed by atoms with Gasteiger partial charge in [-0.05, 0) is 48.4 Å². The molecule has 1 aromatic carbocycles. The minimum Gasteiger partial charge on any atom is -0.340 e. The molecule has 2 saturated heterocycles. The van der Waals surface area contributed by atoms with Crippen molar-refractivity contribution in [3.8, 4) is 0 Å². The summed E-state index contributed by atoms with van der Waals surface area (Å²) in [6.45, 7) is 4.30. The van der Waals surface area contributed by atoms with Gasteiger partial charge >= 0.3 is 0 Å². The summed E-state index contributed by atoms with van der Waals surface area (Å²) in [6, 6.07) is 12.9. The van der Waals surface area contributed by atoms with Crippen LogP contribution in [-0.4, -0.2) is 69.5 Å². The van der Waals surface area contributed by atoms with Crippen LogP contribution in [0, 0.1) is 5.92 Å². The third-order valence-electron chi connectivity index (χ3n) is 6.81. The zero-order valence-electron chi connectivity index (χ0n) is 20.2. The predicted molar refractivity (Wildman–Crippen MR) is 137 cm³/mol. The van der Waals surface area contributed by atoms with Crippen LogP contribution in [0.2, 0.25) is 0 Å². The summed E-state index contributed by atoms with van der Waals surface area (Å²) in [7, 11) is 0. The van der Waals surface area contributed by atoms with Crippen molar-refractivity contribution in [3.63, 3.8) is 0 Å². The third-order valence-corrected chi connectivity index (χ3v) is 7.93. The Morgan fingerprint density at radius 1 is 1.11 bits per heavy atom. The minimum atomic E-state index is -0.755. The number of hydrogen-bond acceptors (Lipinski definition) is 6.